The van der Waals surface area contributed by atoms with E-state index in [0.29, 0.717) is 5.92 Å². The number of rotatable bonds is 2. The van der Waals surface area contributed by atoms with Crippen LogP contribution in [0.4, 0.5) is 4.79 Å². The van der Waals surface area contributed by atoms with E-state index in [4.69, 9.17) is 4.74 Å². The molecule has 0 unspecified atom stereocenters. The van der Waals surface area contributed by atoms with Gasteiger partial charge in [0, 0.05) is 31.9 Å². The van der Waals surface area contributed by atoms with Crippen molar-refractivity contribution in [3.05, 3.63) is 23.8 Å². The van der Waals surface area contributed by atoms with Crippen LogP contribution in [-0.4, -0.2) is 39.7 Å². The number of ether oxygens (including phenoxy) is 1. The number of amides is 1. The summed E-state index contributed by atoms with van der Waals surface area (Å²) in [5.41, 5.74) is 0.630. The molecule has 1 amide bonds. The first-order chi connectivity index (χ1) is 9.33. The highest BCUT2D eigenvalue weighted by Gasteiger charge is 2.30. The average molecular weight is 277 g/mol. The van der Waals surface area contributed by atoms with Crippen LogP contribution in [0.5, 0.6) is 0 Å². The van der Waals surface area contributed by atoms with Gasteiger partial charge in [0.2, 0.25) is 0 Å². The minimum Gasteiger partial charge on any atom is -0.444 e. The smallest absolute Gasteiger partial charge is 0.410 e. The van der Waals surface area contributed by atoms with E-state index in [1.54, 1.807) is 4.90 Å². The Kier molecular flexibility index (Phi) is 4.26. The van der Waals surface area contributed by atoms with E-state index in [0.717, 1.165) is 37.3 Å². The van der Waals surface area contributed by atoms with Crippen molar-refractivity contribution in [1.82, 2.24) is 14.9 Å². The summed E-state index contributed by atoms with van der Waals surface area (Å²) >= 11 is 0. The number of hydrogen-bond acceptors (Lipinski definition) is 4. The van der Waals surface area contributed by atoms with E-state index in [1.807, 2.05) is 40.1 Å². The molecule has 1 atom stereocenters. The van der Waals surface area contributed by atoms with Crippen molar-refractivity contribution in [2.45, 2.75) is 46.1 Å². The molecule has 1 fully saturated rings. The number of carbonyl (C=O) groups excluding carboxylic acids is 1. The Labute approximate surface area is 120 Å². The molecule has 5 nitrogen and oxygen atoms in total. The van der Waals surface area contributed by atoms with Crippen LogP contribution in [0.1, 0.15) is 38.6 Å². The summed E-state index contributed by atoms with van der Waals surface area (Å²) in [6.07, 6.45) is 5.26. The van der Waals surface area contributed by atoms with Crippen molar-refractivity contribution in [2.24, 2.45) is 5.92 Å². The molecular formula is C15H23N3O2. The third-order valence-electron chi connectivity index (χ3n) is 3.24. The fraction of sp³-hybridized carbons (Fsp3) is 0.667. The third-order valence-corrected chi connectivity index (χ3v) is 3.24. The standard InChI is InChI=1S/C15H23N3O2/c1-11-8-16-13(17-9-11)7-12-5-6-18(10-12)14(19)20-15(2,3)4/h8-9,12H,5-7,10H2,1-4H3/t12-/m0/s1. The maximum atomic E-state index is 12.0. The zero-order valence-corrected chi connectivity index (χ0v) is 12.7. The molecule has 0 saturated carbocycles. The highest BCUT2D eigenvalue weighted by atomic mass is 16.6. The molecule has 0 N–H and O–H groups in total. The van der Waals surface area contributed by atoms with Gasteiger partial charge < -0.3 is 9.64 Å². The molecule has 0 radical (unpaired) electrons. The molecule has 0 bridgehead atoms. The molecule has 1 aromatic rings. The lowest BCUT2D eigenvalue weighted by atomic mass is 10.0. The molecule has 5 heteroatoms. The summed E-state index contributed by atoms with van der Waals surface area (Å²) in [5.74, 6) is 1.27. The van der Waals surface area contributed by atoms with E-state index < -0.39 is 5.60 Å². The topological polar surface area (TPSA) is 55.3 Å². The summed E-state index contributed by atoms with van der Waals surface area (Å²) in [6, 6.07) is 0. The van der Waals surface area contributed by atoms with E-state index in [1.165, 1.54) is 0 Å². The second-order valence-corrected chi connectivity index (χ2v) is 6.46. The van der Waals surface area contributed by atoms with Crippen LogP contribution >= 0.6 is 0 Å². The second kappa shape index (κ2) is 5.77. The Morgan fingerprint density at radius 2 is 2.05 bits per heavy atom. The molecule has 2 rings (SSSR count). The van der Waals surface area contributed by atoms with Crippen LogP contribution in [0, 0.1) is 12.8 Å². The van der Waals surface area contributed by atoms with Crippen molar-refractivity contribution in [2.75, 3.05) is 13.1 Å². The third kappa shape index (κ3) is 4.18. The lowest BCUT2D eigenvalue weighted by molar-refractivity contribution is 0.0288. The van der Waals surface area contributed by atoms with Gasteiger partial charge in [-0.15, -0.1) is 0 Å². The predicted molar refractivity (Wildman–Crippen MR) is 76.4 cm³/mol. The molecule has 1 saturated heterocycles. The van der Waals surface area contributed by atoms with Gasteiger partial charge in [0.05, 0.1) is 0 Å². The van der Waals surface area contributed by atoms with E-state index in [-0.39, 0.29) is 6.09 Å². The molecule has 110 valence electrons. The fourth-order valence-corrected chi connectivity index (χ4v) is 2.27. The molecule has 2 heterocycles. The first kappa shape index (κ1) is 14.8. The SMILES string of the molecule is Cc1cnc(C[C@@H]2CCN(C(=O)OC(C)(C)C)C2)nc1. The van der Waals surface area contributed by atoms with Crippen molar-refractivity contribution in [3.63, 3.8) is 0 Å². The zero-order chi connectivity index (χ0) is 14.8. The molecule has 0 aliphatic carbocycles. The van der Waals surface area contributed by atoms with Crippen LogP contribution in [0.3, 0.4) is 0 Å². The van der Waals surface area contributed by atoms with Gasteiger partial charge in [0.15, 0.2) is 0 Å². The first-order valence-electron chi connectivity index (χ1n) is 7.09. The number of likely N-dealkylation sites (tertiary alicyclic amines) is 1. The Morgan fingerprint density at radius 3 is 2.65 bits per heavy atom. The van der Waals surface area contributed by atoms with Crippen molar-refractivity contribution in [3.8, 4) is 0 Å². The van der Waals surface area contributed by atoms with Gasteiger partial charge >= 0.3 is 6.09 Å². The Balaban J connectivity index is 1.86. The molecule has 1 aliphatic heterocycles. The summed E-state index contributed by atoms with van der Waals surface area (Å²) in [7, 11) is 0. The summed E-state index contributed by atoms with van der Waals surface area (Å²) in [5, 5.41) is 0. The molecular weight excluding hydrogens is 254 g/mol. The Morgan fingerprint density at radius 1 is 1.40 bits per heavy atom. The number of carbonyl (C=O) groups is 1. The normalized spacial score (nSPS) is 19.2. The predicted octanol–water partition coefficient (Wildman–Crippen LogP) is 2.58. The fourth-order valence-electron chi connectivity index (χ4n) is 2.27. The summed E-state index contributed by atoms with van der Waals surface area (Å²) in [6.45, 7) is 9.12. The molecule has 1 aromatic heterocycles. The monoisotopic (exact) mass is 277 g/mol. The van der Waals surface area contributed by atoms with Crippen molar-refractivity contribution in [1.29, 1.82) is 0 Å². The van der Waals surface area contributed by atoms with Gasteiger partial charge in [-0.05, 0) is 45.6 Å². The minimum atomic E-state index is -0.435. The quantitative estimate of drug-likeness (QED) is 0.833. The van der Waals surface area contributed by atoms with E-state index in [2.05, 4.69) is 9.97 Å². The molecule has 0 spiro atoms. The molecule has 20 heavy (non-hydrogen) atoms. The first-order valence-corrected chi connectivity index (χ1v) is 7.09. The number of aromatic nitrogens is 2. The van der Waals surface area contributed by atoms with Crippen molar-refractivity contribution >= 4 is 6.09 Å². The van der Waals surface area contributed by atoms with Crippen LogP contribution in [-0.2, 0) is 11.2 Å². The average Bonchev–Trinajstić information content (AvgIpc) is 2.79. The lowest BCUT2D eigenvalue weighted by Crippen LogP contribution is -2.35. The van der Waals surface area contributed by atoms with Gasteiger partial charge in [0.1, 0.15) is 11.4 Å². The number of hydrogen-bond donors (Lipinski definition) is 0. The highest BCUT2D eigenvalue weighted by Crippen LogP contribution is 2.21. The molecule has 0 aromatic carbocycles. The van der Waals surface area contributed by atoms with Crippen LogP contribution in [0.2, 0.25) is 0 Å². The Bertz CT molecular complexity index is 465. The van der Waals surface area contributed by atoms with Crippen LogP contribution < -0.4 is 0 Å². The highest BCUT2D eigenvalue weighted by molar-refractivity contribution is 5.68. The van der Waals surface area contributed by atoms with Crippen molar-refractivity contribution < 1.29 is 9.53 Å². The summed E-state index contributed by atoms with van der Waals surface area (Å²) < 4.78 is 5.39. The van der Waals surface area contributed by atoms with Crippen LogP contribution in [0.25, 0.3) is 0 Å². The number of aryl methyl sites for hydroxylation is 1. The van der Waals surface area contributed by atoms with E-state index in [9.17, 15) is 4.79 Å². The maximum Gasteiger partial charge on any atom is 0.410 e. The lowest BCUT2D eigenvalue weighted by Gasteiger charge is -2.24. The largest absolute Gasteiger partial charge is 0.444 e. The number of nitrogens with zero attached hydrogens (tertiary/aromatic N) is 3. The van der Waals surface area contributed by atoms with Gasteiger partial charge in [-0.1, -0.05) is 0 Å². The summed E-state index contributed by atoms with van der Waals surface area (Å²) in [4.78, 5) is 22.4. The maximum absolute atomic E-state index is 12.0. The van der Waals surface area contributed by atoms with Gasteiger partial charge in [-0.3, -0.25) is 0 Å². The Hall–Kier alpha value is -1.65. The van der Waals surface area contributed by atoms with E-state index >= 15 is 0 Å². The van der Waals surface area contributed by atoms with Gasteiger partial charge in [-0.2, -0.15) is 0 Å². The second-order valence-electron chi connectivity index (χ2n) is 6.46. The minimum absolute atomic E-state index is 0.218. The van der Waals surface area contributed by atoms with Crippen LogP contribution in [0.15, 0.2) is 12.4 Å². The van der Waals surface area contributed by atoms with Gasteiger partial charge in [-0.25, -0.2) is 14.8 Å². The van der Waals surface area contributed by atoms with Gasteiger partial charge in [0.25, 0.3) is 0 Å². The zero-order valence-electron chi connectivity index (χ0n) is 12.7. The molecule has 1 aliphatic rings.